The maximum atomic E-state index is 12.2. The van der Waals surface area contributed by atoms with E-state index in [1.54, 1.807) is 12.4 Å². The molecule has 2 rings (SSSR count). The van der Waals surface area contributed by atoms with Gasteiger partial charge in [-0.25, -0.2) is 0 Å². The molecular formula is C13H19N3O. The van der Waals surface area contributed by atoms with Gasteiger partial charge in [0, 0.05) is 12.4 Å². The third kappa shape index (κ3) is 2.64. The minimum absolute atomic E-state index is 0.00424. The number of nitrogens with one attached hydrogen (secondary N) is 2. The SMILES string of the molecule is C[C@H](NC(=O)C1(C)CCCN1)c1cccnc1. The van der Waals surface area contributed by atoms with Crippen molar-refractivity contribution in [2.75, 3.05) is 6.54 Å². The Balaban J connectivity index is 1.99. The summed E-state index contributed by atoms with van der Waals surface area (Å²) in [4.78, 5) is 16.2. The Morgan fingerprint density at radius 2 is 2.47 bits per heavy atom. The highest BCUT2D eigenvalue weighted by atomic mass is 16.2. The number of hydrogen-bond acceptors (Lipinski definition) is 3. The molecule has 2 N–H and O–H groups in total. The van der Waals surface area contributed by atoms with Crippen LogP contribution >= 0.6 is 0 Å². The summed E-state index contributed by atoms with van der Waals surface area (Å²) in [6.07, 6.45) is 5.48. The van der Waals surface area contributed by atoms with Gasteiger partial charge in [0.15, 0.2) is 0 Å². The number of amides is 1. The van der Waals surface area contributed by atoms with E-state index in [0.29, 0.717) is 0 Å². The van der Waals surface area contributed by atoms with E-state index in [9.17, 15) is 4.79 Å². The Kier molecular flexibility index (Phi) is 3.43. The van der Waals surface area contributed by atoms with Gasteiger partial charge < -0.3 is 10.6 Å². The highest BCUT2D eigenvalue weighted by molar-refractivity contribution is 5.86. The summed E-state index contributed by atoms with van der Waals surface area (Å²) in [5.74, 6) is 0.0753. The van der Waals surface area contributed by atoms with Gasteiger partial charge in [0.1, 0.15) is 0 Å². The first kappa shape index (κ1) is 12.0. The molecule has 0 spiro atoms. The fraction of sp³-hybridized carbons (Fsp3) is 0.538. The van der Waals surface area contributed by atoms with Gasteiger partial charge in [-0.1, -0.05) is 6.07 Å². The Labute approximate surface area is 102 Å². The van der Waals surface area contributed by atoms with E-state index in [1.807, 2.05) is 26.0 Å². The molecule has 17 heavy (non-hydrogen) atoms. The molecule has 1 aliphatic rings. The summed E-state index contributed by atoms with van der Waals surface area (Å²) >= 11 is 0. The number of carbonyl (C=O) groups is 1. The third-order valence-electron chi connectivity index (χ3n) is 3.40. The van der Waals surface area contributed by atoms with Gasteiger partial charge in [-0.05, 0) is 44.9 Å². The molecule has 1 saturated heterocycles. The van der Waals surface area contributed by atoms with Gasteiger partial charge in [-0.15, -0.1) is 0 Å². The zero-order chi connectivity index (χ0) is 12.3. The van der Waals surface area contributed by atoms with Crippen LogP contribution in [0.3, 0.4) is 0 Å². The lowest BCUT2D eigenvalue weighted by atomic mass is 9.98. The van der Waals surface area contributed by atoms with E-state index in [2.05, 4.69) is 15.6 Å². The molecule has 4 nitrogen and oxygen atoms in total. The van der Waals surface area contributed by atoms with E-state index >= 15 is 0 Å². The lowest BCUT2D eigenvalue weighted by Crippen LogP contribution is -2.51. The van der Waals surface area contributed by atoms with Crippen LogP contribution in [0.1, 0.15) is 38.3 Å². The lowest BCUT2D eigenvalue weighted by molar-refractivity contribution is -0.127. The molecule has 2 atom stereocenters. The molecule has 92 valence electrons. The summed E-state index contributed by atoms with van der Waals surface area (Å²) in [7, 11) is 0. The smallest absolute Gasteiger partial charge is 0.240 e. The monoisotopic (exact) mass is 233 g/mol. The van der Waals surface area contributed by atoms with Gasteiger partial charge in [0.25, 0.3) is 0 Å². The molecule has 1 aliphatic heterocycles. The normalized spacial score (nSPS) is 25.5. The average molecular weight is 233 g/mol. The first-order valence-electron chi connectivity index (χ1n) is 6.08. The first-order chi connectivity index (χ1) is 8.12. The van der Waals surface area contributed by atoms with Crippen LogP contribution in [0.15, 0.2) is 24.5 Å². The van der Waals surface area contributed by atoms with Crippen molar-refractivity contribution < 1.29 is 4.79 Å². The highest BCUT2D eigenvalue weighted by Gasteiger charge is 2.36. The molecule has 0 saturated carbocycles. The molecule has 0 radical (unpaired) electrons. The molecular weight excluding hydrogens is 214 g/mol. The highest BCUT2D eigenvalue weighted by Crippen LogP contribution is 2.20. The van der Waals surface area contributed by atoms with Crippen LogP contribution in [-0.2, 0) is 4.79 Å². The number of nitrogens with zero attached hydrogens (tertiary/aromatic N) is 1. The number of carbonyl (C=O) groups excluding carboxylic acids is 1. The van der Waals surface area contributed by atoms with Gasteiger partial charge >= 0.3 is 0 Å². The quantitative estimate of drug-likeness (QED) is 0.829. The summed E-state index contributed by atoms with van der Waals surface area (Å²) in [6.45, 7) is 4.86. The largest absolute Gasteiger partial charge is 0.348 e. The van der Waals surface area contributed by atoms with E-state index in [-0.39, 0.29) is 11.9 Å². The second-order valence-corrected chi connectivity index (χ2v) is 4.84. The van der Waals surface area contributed by atoms with Crippen LogP contribution in [-0.4, -0.2) is 23.0 Å². The van der Waals surface area contributed by atoms with Crippen LogP contribution in [0.25, 0.3) is 0 Å². The Morgan fingerprint density at radius 3 is 3.06 bits per heavy atom. The Morgan fingerprint density at radius 1 is 1.65 bits per heavy atom. The van der Waals surface area contributed by atoms with Gasteiger partial charge in [0.05, 0.1) is 11.6 Å². The van der Waals surface area contributed by atoms with Crippen molar-refractivity contribution in [2.24, 2.45) is 0 Å². The van der Waals surface area contributed by atoms with Crippen molar-refractivity contribution in [1.82, 2.24) is 15.6 Å². The maximum Gasteiger partial charge on any atom is 0.240 e. The number of hydrogen-bond donors (Lipinski definition) is 2. The minimum Gasteiger partial charge on any atom is -0.348 e. The molecule has 0 bridgehead atoms. The Bertz CT molecular complexity index is 385. The summed E-state index contributed by atoms with van der Waals surface area (Å²) in [5, 5.41) is 6.30. The molecule has 0 aromatic carbocycles. The maximum absolute atomic E-state index is 12.2. The summed E-state index contributed by atoms with van der Waals surface area (Å²) in [6, 6.07) is 3.85. The summed E-state index contributed by atoms with van der Waals surface area (Å²) in [5.41, 5.74) is 0.624. The van der Waals surface area contributed by atoms with Gasteiger partial charge in [-0.2, -0.15) is 0 Å². The second-order valence-electron chi connectivity index (χ2n) is 4.84. The third-order valence-corrected chi connectivity index (χ3v) is 3.40. The molecule has 1 aromatic heterocycles. The van der Waals surface area contributed by atoms with Gasteiger partial charge in [-0.3, -0.25) is 9.78 Å². The molecule has 1 unspecified atom stereocenters. The topological polar surface area (TPSA) is 54.0 Å². The van der Waals surface area contributed by atoms with Crippen LogP contribution in [0.4, 0.5) is 0 Å². The standard InChI is InChI=1S/C13H19N3O/c1-10(11-5-3-7-14-9-11)16-12(17)13(2)6-4-8-15-13/h3,5,7,9-10,15H,4,6,8H2,1-2H3,(H,16,17)/t10-,13?/m0/s1. The molecule has 1 amide bonds. The Hall–Kier alpha value is -1.42. The van der Waals surface area contributed by atoms with Crippen LogP contribution in [0.2, 0.25) is 0 Å². The molecule has 0 aliphatic carbocycles. The fourth-order valence-electron chi connectivity index (χ4n) is 2.16. The van der Waals surface area contributed by atoms with E-state index < -0.39 is 5.54 Å². The molecule has 1 fully saturated rings. The molecule has 1 aromatic rings. The van der Waals surface area contributed by atoms with Crippen molar-refractivity contribution in [2.45, 2.75) is 38.3 Å². The zero-order valence-corrected chi connectivity index (χ0v) is 10.4. The average Bonchev–Trinajstić information content (AvgIpc) is 2.78. The van der Waals surface area contributed by atoms with Crippen molar-refractivity contribution in [1.29, 1.82) is 0 Å². The van der Waals surface area contributed by atoms with Gasteiger partial charge in [0.2, 0.25) is 5.91 Å². The van der Waals surface area contributed by atoms with Crippen molar-refractivity contribution >= 4 is 5.91 Å². The fourth-order valence-corrected chi connectivity index (χ4v) is 2.16. The van der Waals surface area contributed by atoms with Crippen LogP contribution in [0.5, 0.6) is 0 Å². The number of pyridine rings is 1. The molecule has 2 heterocycles. The predicted octanol–water partition coefficient (Wildman–Crippen LogP) is 1.40. The predicted molar refractivity (Wildman–Crippen MR) is 66.4 cm³/mol. The zero-order valence-electron chi connectivity index (χ0n) is 10.4. The second kappa shape index (κ2) is 4.84. The molecule has 4 heteroatoms. The summed E-state index contributed by atoms with van der Waals surface area (Å²) < 4.78 is 0. The number of aromatic nitrogens is 1. The van der Waals surface area contributed by atoms with Crippen molar-refractivity contribution in [3.63, 3.8) is 0 Å². The lowest BCUT2D eigenvalue weighted by Gasteiger charge is -2.25. The first-order valence-corrected chi connectivity index (χ1v) is 6.08. The number of rotatable bonds is 3. The van der Waals surface area contributed by atoms with E-state index in [1.165, 1.54) is 0 Å². The van der Waals surface area contributed by atoms with E-state index in [0.717, 1.165) is 24.9 Å². The van der Waals surface area contributed by atoms with E-state index in [4.69, 9.17) is 0 Å². The van der Waals surface area contributed by atoms with Crippen molar-refractivity contribution in [3.8, 4) is 0 Å². The van der Waals surface area contributed by atoms with Crippen molar-refractivity contribution in [3.05, 3.63) is 30.1 Å². The minimum atomic E-state index is -0.406. The van der Waals surface area contributed by atoms with Crippen LogP contribution < -0.4 is 10.6 Å². The van der Waals surface area contributed by atoms with Crippen LogP contribution in [0, 0.1) is 0 Å².